The predicted octanol–water partition coefficient (Wildman–Crippen LogP) is 2.09. The maximum Gasteiger partial charge on any atom is 0.285 e. The van der Waals surface area contributed by atoms with Crippen LogP contribution in [0.2, 0.25) is 5.02 Å². The molecule has 0 radical (unpaired) electrons. The van der Waals surface area contributed by atoms with Gasteiger partial charge in [-0.1, -0.05) is 29.8 Å². The van der Waals surface area contributed by atoms with Crippen molar-refractivity contribution in [3.63, 3.8) is 0 Å². The molecule has 0 bridgehead atoms. The van der Waals surface area contributed by atoms with E-state index in [1.807, 2.05) is 35.2 Å². The number of aromatic nitrogens is 7. The van der Waals surface area contributed by atoms with Gasteiger partial charge in [0.2, 0.25) is 5.95 Å². The van der Waals surface area contributed by atoms with E-state index in [1.165, 1.54) is 10.8 Å². The Morgan fingerprint density at radius 1 is 1.12 bits per heavy atom. The number of H-pyrrole nitrogens is 1. The summed E-state index contributed by atoms with van der Waals surface area (Å²) in [6.07, 6.45) is 4.41. The molecule has 34 heavy (non-hydrogen) atoms. The number of hydrogen-bond donors (Lipinski definition) is 2. The second-order valence-electron chi connectivity index (χ2n) is 7.98. The molecule has 0 aliphatic carbocycles. The molecule has 1 unspecified atom stereocenters. The first kappa shape index (κ1) is 20.4. The van der Waals surface area contributed by atoms with E-state index in [0.29, 0.717) is 41.0 Å². The van der Waals surface area contributed by atoms with Gasteiger partial charge >= 0.3 is 0 Å². The lowest BCUT2D eigenvalue weighted by atomic mass is 10.2. The SMILES string of the molecule is Nc1nc(N2CCCC2c2nn3ccc(Cl)c3c(=O)n2-c2ccccc2)c2c(=O)nc[nH]c2n1. The summed E-state index contributed by atoms with van der Waals surface area (Å²) in [5.41, 5.74) is 6.47. The molecule has 0 saturated carbocycles. The number of hydrogen-bond acceptors (Lipinski definition) is 8. The fourth-order valence-corrected chi connectivity index (χ4v) is 4.79. The van der Waals surface area contributed by atoms with Gasteiger partial charge in [-0.25, -0.2) is 4.52 Å². The van der Waals surface area contributed by atoms with Gasteiger partial charge in [0.1, 0.15) is 16.7 Å². The van der Waals surface area contributed by atoms with Crippen molar-refractivity contribution >= 4 is 39.9 Å². The standard InChI is InChI=1S/C22H18ClN9O2/c23-13-8-10-31-16(13)21(34)32(12-5-2-1-3-6-12)18(29-31)14-7-4-9-30(14)19-15-17(27-22(24)28-19)25-11-26-20(15)33/h1-3,5-6,8,10-11,14H,4,7,9H2,(H3,24,25,26,27,28,33). The van der Waals surface area contributed by atoms with E-state index >= 15 is 0 Å². The second kappa shape index (κ2) is 7.66. The van der Waals surface area contributed by atoms with Gasteiger partial charge in [-0.3, -0.25) is 14.2 Å². The number of nitrogens with two attached hydrogens (primary N) is 1. The number of nitrogens with one attached hydrogen (secondary N) is 1. The summed E-state index contributed by atoms with van der Waals surface area (Å²) in [7, 11) is 0. The van der Waals surface area contributed by atoms with Crippen LogP contribution < -0.4 is 21.8 Å². The Bertz CT molecular complexity index is 1680. The molecule has 6 rings (SSSR count). The van der Waals surface area contributed by atoms with E-state index < -0.39 is 5.56 Å². The Morgan fingerprint density at radius 2 is 1.94 bits per heavy atom. The molecule has 4 aromatic heterocycles. The Labute approximate surface area is 196 Å². The zero-order valence-electron chi connectivity index (χ0n) is 17.7. The molecule has 170 valence electrons. The quantitative estimate of drug-likeness (QED) is 0.404. The summed E-state index contributed by atoms with van der Waals surface area (Å²) < 4.78 is 3.07. The predicted molar refractivity (Wildman–Crippen MR) is 127 cm³/mol. The number of aromatic amines is 1. The molecule has 5 heterocycles. The van der Waals surface area contributed by atoms with Crippen molar-refractivity contribution in [2.24, 2.45) is 0 Å². The topological polar surface area (TPSA) is 140 Å². The smallest absolute Gasteiger partial charge is 0.285 e. The van der Waals surface area contributed by atoms with Crippen molar-refractivity contribution in [1.82, 2.24) is 34.1 Å². The largest absolute Gasteiger partial charge is 0.368 e. The zero-order chi connectivity index (χ0) is 23.4. The Kier molecular flexibility index (Phi) is 4.59. The van der Waals surface area contributed by atoms with Crippen LogP contribution in [-0.4, -0.2) is 40.7 Å². The van der Waals surface area contributed by atoms with Gasteiger partial charge in [0.15, 0.2) is 11.5 Å². The summed E-state index contributed by atoms with van der Waals surface area (Å²) in [5.74, 6) is 0.883. The highest BCUT2D eigenvalue weighted by Crippen LogP contribution is 2.37. The van der Waals surface area contributed by atoms with Crippen molar-refractivity contribution in [3.05, 3.63) is 80.5 Å². The Hall–Kier alpha value is -4.25. The Morgan fingerprint density at radius 3 is 2.76 bits per heavy atom. The van der Waals surface area contributed by atoms with Crippen LogP contribution in [0, 0.1) is 0 Å². The van der Waals surface area contributed by atoms with Crippen LogP contribution in [0.5, 0.6) is 0 Å². The summed E-state index contributed by atoms with van der Waals surface area (Å²) in [4.78, 5) is 43.5. The number of rotatable bonds is 3. The minimum Gasteiger partial charge on any atom is -0.368 e. The third-order valence-corrected chi connectivity index (χ3v) is 6.31. The molecule has 0 amide bonds. The average Bonchev–Trinajstić information content (AvgIpc) is 3.46. The molecule has 12 heteroatoms. The van der Waals surface area contributed by atoms with Crippen LogP contribution in [0.1, 0.15) is 24.7 Å². The molecule has 1 fully saturated rings. The van der Waals surface area contributed by atoms with Crippen molar-refractivity contribution in [2.75, 3.05) is 17.2 Å². The van der Waals surface area contributed by atoms with E-state index in [2.05, 4.69) is 19.9 Å². The van der Waals surface area contributed by atoms with Gasteiger partial charge in [0, 0.05) is 12.7 Å². The molecule has 1 atom stereocenters. The molecular weight excluding hydrogens is 458 g/mol. The van der Waals surface area contributed by atoms with Gasteiger partial charge in [-0.15, -0.1) is 0 Å². The van der Waals surface area contributed by atoms with Gasteiger partial charge in [0.25, 0.3) is 11.1 Å². The Balaban J connectivity index is 1.62. The fraction of sp³-hybridized carbons (Fsp3) is 0.182. The van der Waals surface area contributed by atoms with Crippen LogP contribution in [0.3, 0.4) is 0 Å². The van der Waals surface area contributed by atoms with Crippen LogP contribution in [0.25, 0.3) is 22.2 Å². The number of fused-ring (bicyclic) bond motifs is 2. The van der Waals surface area contributed by atoms with Crippen LogP contribution >= 0.6 is 11.6 Å². The van der Waals surface area contributed by atoms with Crippen LogP contribution in [-0.2, 0) is 0 Å². The van der Waals surface area contributed by atoms with E-state index in [0.717, 1.165) is 6.42 Å². The summed E-state index contributed by atoms with van der Waals surface area (Å²) in [6, 6.07) is 10.5. The van der Waals surface area contributed by atoms with Gasteiger partial charge < -0.3 is 15.6 Å². The lowest BCUT2D eigenvalue weighted by molar-refractivity contribution is 0.602. The van der Waals surface area contributed by atoms with Gasteiger partial charge in [-0.2, -0.15) is 20.1 Å². The first-order chi connectivity index (χ1) is 16.5. The second-order valence-corrected chi connectivity index (χ2v) is 8.39. The minimum absolute atomic E-state index is 0.0241. The molecule has 0 spiro atoms. The number of nitrogen functional groups attached to an aromatic ring is 1. The van der Waals surface area contributed by atoms with E-state index in [1.54, 1.807) is 16.8 Å². The molecule has 1 aromatic carbocycles. The zero-order valence-corrected chi connectivity index (χ0v) is 18.5. The molecule has 1 aliphatic rings. The number of halogens is 1. The maximum atomic E-state index is 13.6. The third-order valence-electron chi connectivity index (χ3n) is 6.00. The molecule has 11 nitrogen and oxygen atoms in total. The van der Waals surface area contributed by atoms with E-state index in [9.17, 15) is 9.59 Å². The molecular formula is C22H18ClN9O2. The van der Waals surface area contributed by atoms with Crippen molar-refractivity contribution in [1.29, 1.82) is 0 Å². The van der Waals surface area contributed by atoms with Gasteiger partial charge in [0.05, 0.1) is 23.1 Å². The molecule has 1 aliphatic heterocycles. The highest BCUT2D eigenvalue weighted by Gasteiger charge is 2.34. The minimum atomic E-state index is -0.463. The maximum absolute atomic E-state index is 13.6. The normalized spacial score (nSPS) is 16.0. The highest BCUT2D eigenvalue weighted by atomic mass is 35.5. The van der Waals surface area contributed by atoms with E-state index in [-0.39, 0.29) is 28.5 Å². The van der Waals surface area contributed by atoms with Crippen LogP contribution in [0.15, 0.2) is 58.5 Å². The molecule has 5 aromatic rings. The monoisotopic (exact) mass is 475 g/mol. The van der Waals surface area contributed by atoms with Crippen molar-refractivity contribution in [2.45, 2.75) is 18.9 Å². The third kappa shape index (κ3) is 3.05. The first-order valence-electron chi connectivity index (χ1n) is 10.7. The summed E-state index contributed by atoms with van der Waals surface area (Å²) in [5, 5.41) is 5.35. The van der Waals surface area contributed by atoms with Crippen LogP contribution in [0.4, 0.5) is 11.8 Å². The molecule has 1 saturated heterocycles. The lowest BCUT2D eigenvalue weighted by Gasteiger charge is -2.27. The van der Waals surface area contributed by atoms with Crippen molar-refractivity contribution < 1.29 is 0 Å². The number of nitrogens with zero attached hydrogens (tertiary/aromatic N) is 7. The fourth-order valence-electron chi connectivity index (χ4n) is 4.57. The van der Waals surface area contributed by atoms with E-state index in [4.69, 9.17) is 22.4 Å². The number of para-hydroxylation sites is 1. The van der Waals surface area contributed by atoms with Crippen molar-refractivity contribution in [3.8, 4) is 5.69 Å². The summed E-state index contributed by atoms with van der Waals surface area (Å²) >= 11 is 6.31. The first-order valence-corrected chi connectivity index (χ1v) is 11.0. The highest BCUT2D eigenvalue weighted by molar-refractivity contribution is 6.33. The molecule has 3 N–H and O–H groups in total. The lowest BCUT2D eigenvalue weighted by Crippen LogP contribution is -2.34. The number of anilines is 2. The average molecular weight is 476 g/mol. The van der Waals surface area contributed by atoms with Gasteiger partial charge in [-0.05, 0) is 31.0 Å². The summed E-state index contributed by atoms with van der Waals surface area (Å²) in [6.45, 7) is 0.583. The number of benzene rings is 1.